The first-order chi connectivity index (χ1) is 25.7. The first-order valence-corrected chi connectivity index (χ1v) is 20.8. The number of esters is 1. The summed E-state index contributed by atoms with van der Waals surface area (Å²) >= 11 is 1.83. The van der Waals surface area contributed by atoms with Crippen LogP contribution in [-0.2, 0) is 34.3 Å². The van der Waals surface area contributed by atoms with Gasteiger partial charge in [0.15, 0.2) is 0 Å². The number of aryl methyl sites for hydroxylation is 2. The number of ether oxygens (including phenoxy) is 1. The summed E-state index contributed by atoms with van der Waals surface area (Å²) in [5.41, 5.74) is 6.22. The van der Waals surface area contributed by atoms with Gasteiger partial charge in [0.05, 0.1) is 30.1 Å². The molecular formula is C47H61N3O2S. The average molecular weight is 732 g/mol. The molecule has 0 N–H and O–H groups in total. The third kappa shape index (κ3) is 11.2. The predicted molar refractivity (Wildman–Crippen MR) is 222 cm³/mol. The molecule has 0 aliphatic carbocycles. The normalized spacial score (nSPS) is 12.8. The van der Waals surface area contributed by atoms with Crippen LogP contribution in [0.25, 0.3) is 10.6 Å². The Morgan fingerprint density at radius 1 is 0.755 bits per heavy atom. The number of methoxy groups -OCH3 is 1. The van der Waals surface area contributed by atoms with Gasteiger partial charge in [-0.25, -0.2) is 4.68 Å². The van der Waals surface area contributed by atoms with Gasteiger partial charge in [-0.3, -0.25) is 4.79 Å². The minimum atomic E-state index is -0.674. The maximum Gasteiger partial charge on any atom is 0.311 e. The number of rotatable bonds is 22. The Morgan fingerprint density at radius 2 is 1.32 bits per heavy atom. The Bertz CT molecular complexity index is 1770. The van der Waals surface area contributed by atoms with Crippen LogP contribution < -0.4 is 0 Å². The summed E-state index contributed by atoms with van der Waals surface area (Å²) in [6, 6.07) is 32.2. The standard InChI is InChI=1S/C47H61N3O2S/c1-6-7-8-9-10-11-12-13-14-17-22-40-33-37(2)53-44(40)43-36-50(49-48-43)35-39-29-27-38(28-30-39)34-46(3,45(51)52-5)31-32-47(4,41-23-18-15-19-24-41)42-25-20-16-21-26-42/h15-16,18-21,23-30,33,36H,6-14,17,22,31-32,34-35H2,1-5H3. The van der Waals surface area contributed by atoms with Gasteiger partial charge in [-0.05, 0) is 79.8 Å². The smallest absolute Gasteiger partial charge is 0.311 e. The van der Waals surface area contributed by atoms with E-state index in [1.807, 2.05) is 16.0 Å². The van der Waals surface area contributed by atoms with Gasteiger partial charge in [-0.1, -0.05) is 162 Å². The molecule has 0 saturated heterocycles. The summed E-state index contributed by atoms with van der Waals surface area (Å²) in [6.45, 7) is 9.46. The Kier molecular flexibility index (Phi) is 15.1. The van der Waals surface area contributed by atoms with E-state index in [4.69, 9.17) is 4.74 Å². The minimum absolute atomic E-state index is 0.170. The lowest BCUT2D eigenvalue weighted by Gasteiger charge is -2.35. The molecule has 5 rings (SSSR count). The topological polar surface area (TPSA) is 57.0 Å². The maximum atomic E-state index is 13.4. The molecule has 0 aliphatic rings. The second kappa shape index (κ2) is 19.9. The lowest BCUT2D eigenvalue weighted by Crippen LogP contribution is -2.35. The van der Waals surface area contributed by atoms with Crippen molar-refractivity contribution in [2.24, 2.45) is 5.41 Å². The highest BCUT2D eigenvalue weighted by molar-refractivity contribution is 7.15. The van der Waals surface area contributed by atoms with Crippen molar-refractivity contribution in [1.82, 2.24) is 15.0 Å². The summed E-state index contributed by atoms with van der Waals surface area (Å²) in [5.74, 6) is -0.170. The molecule has 6 heteroatoms. The molecule has 2 aromatic heterocycles. The molecule has 5 aromatic rings. The Morgan fingerprint density at radius 3 is 1.91 bits per heavy atom. The number of thiophene rings is 1. The van der Waals surface area contributed by atoms with Gasteiger partial charge < -0.3 is 4.74 Å². The summed E-state index contributed by atoms with van der Waals surface area (Å²) in [4.78, 5) is 16.0. The monoisotopic (exact) mass is 731 g/mol. The van der Waals surface area contributed by atoms with E-state index in [1.54, 1.807) is 0 Å². The van der Waals surface area contributed by atoms with E-state index in [-0.39, 0.29) is 11.4 Å². The molecule has 0 fully saturated rings. The molecule has 0 spiro atoms. The number of aromatic nitrogens is 3. The van der Waals surface area contributed by atoms with E-state index >= 15 is 0 Å². The van der Waals surface area contributed by atoms with Crippen molar-refractivity contribution in [3.05, 3.63) is 130 Å². The first kappa shape index (κ1) is 40.2. The van der Waals surface area contributed by atoms with Crippen LogP contribution in [0.3, 0.4) is 0 Å². The zero-order chi connectivity index (χ0) is 37.5. The number of unbranched alkanes of at least 4 members (excludes halogenated alkanes) is 9. The van der Waals surface area contributed by atoms with Crippen LogP contribution in [0.15, 0.2) is 97.2 Å². The molecule has 1 atom stereocenters. The van der Waals surface area contributed by atoms with Crippen LogP contribution in [0.2, 0.25) is 0 Å². The average Bonchev–Trinajstić information content (AvgIpc) is 3.81. The number of hydrogen-bond acceptors (Lipinski definition) is 5. The molecule has 0 saturated carbocycles. The van der Waals surface area contributed by atoms with Crippen molar-refractivity contribution >= 4 is 17.3 Å². The summed E-state index contributed by atoms with van der Waals surface area (Å²) in [6.07, 6.45) is 18.8. The van der Waals surface area contributed by atoms with Crippen molar-refractivity contribution in [2.75, 3.05) is 7.11 Å². The Hall–Kier alpha value is -4.03. The molecule has 3 aromatic carbocycles. The van der Waals surface area contributed by atoms with E-state index in [9.17, 15) is 4.79 Å². The van der Waals surface area contributed by atoms with Gasteiger partial charge in [0.2, 0.25) is 0 Å². The third-order valence-electron chi connectivity index (χ3n) is 11.1. The van der Waals surface area contributed by atoms with Crippen molar-refractivity contribution < 1.29 is 9.53 Å². The molecule has 0 aliphatic heterocycles. The van der Waals surface area contributed by atoms with E-state index < -0.39 is 5.41 Å². The maximum absolute atomic E-state index is 13.4. The van der Waals surface area contributed by atoms with Crippen molar-refractivity contribution in [1.29, 1.82) is 0 Å². The zero-order valence-corrected chi connectivity index (χ0v) is 33.7. The van der Waals surface area contributed by atoms with Crippen molar-refractivity contribution in [2.45, 2.75) is 130 Å². The second-order valence-electron chi connectivity index (χ2n) is 15.6. The Balaban J connectivity index is 1.18. The molecule has 1 unspecified atom stereocenters. The van der Waals surface area contributed by atoms with Crippen LogP contribution in [0, 0.1) is 12.3 Å². The van der Waals surface area contributed by atoms with E-state index in [0.29, 0.717) is 19.4 Å². The predicted octanol–water partition coefficient (Wildman–Crippen LogP) is 12.3. The van der Waals surface area contributed by atoms with Crippen LogP contribution in [-0.4, -0.2) is 28.1 Å². The lowest BCUT2D eigenvalue weighted by atomic mass is 9.68. The third-order valence-corrected chi connectivity index (χ3v) is 12.3. The summed E-state index contributed by atoms with van der Waals surface area (Å²) < 4.78 is 7.35. The highest BCUT2D eigenvalue weighted by atomic mass is 32.1. The second-order valence-corrected chi connectivity index (χ2v) is 16.8. The molecule has 0 radical (unpaired) electrons. The zero-order valence-electron chi connectivity index (χ0n) is 32.9. The molecule has 2 heterocycles. The largest absolute Gasteiger partial charge is 0.469 e. The molecule has 0 bridgehead atoms. The fraction of sp³-hybridized carbons (Fsp3) is 0.468. The molecule has 53 heavy (non-hydrogen) atoms. The van der Waals surface area contributed by atoms with E-state index in [0.717, 1.165) is 29.7 Å². The quantitative estimate of drug-likeness (QED) is 0.0525. The number of carbonyl (C=O) groups excluding carboxylic acids is 1. The first-order valence-electron chi connectivity index (χ1n) is 20.0. The van der Waals surface area contributed by atoms with Crippen molar-refractivity contribution in [3.63, 3.8) is 0 Å². The van der Waals surface area contributed by atoms with Gasteiger partial charge in [-0.2, -0.15) is 0 Å². The summed E-state index contributed by atoms with van der Waals surface area (Å²) in [5, 5.41) is 9.13. The van der Waals surface area contributed by atoms with Crippen LogP contribution in [0.1, 0.15) is 131 Å². The minimum Gasteiger partial charge on any atom is -0.469 e. The van der Waals surface area contributed by atoms with Gasteiger partial charge in [-0.15, -0.1) is 16.4 Å². The fourth-order valence-electron chi connectivity index (χ4n) is 7.75. The van der Waals surface area contributed by atoms with Crippen molar-refractivity contribution in [3.8, 4) is 10.6 Å². The molecular weight excluding hydrogens is 671 g/mol. The summed E-state index contributed by atoms with van der Waals surface area (Å²) in [7, 11) is 1.50. The number of benzene rings is 3. The Labute approximate surface area is 323 Å². The number of carbonyl (C=O) groups is 1. The highest BCUT2D eigenvalue weighted by Gasteiger charge is 2.38. The molecule has 282 valence electrons. The lowest BCUT2D eigenvalue weighted by molar-refractivity contribution is -0.152. The van der Waals surface area contributed by atoms with Gasteiger partial charge in [0, 0.05) is 10.3 Å². The van der Waals surface area contributed by atoms with Gasteiger partial charge in [0.25, 0.3) is 0 Å². The number of hydrogen-bond donors (Lipinski definition) is 0. The van der Waals surface area contributed by atoms with E-state index in [1.165, 1.54) is 97.8 Å². The molecule has 5 nitrogen and oxygen atoms in total. The number of nitrogens with zero attached hydrogens (tertiary/aromatic N) is 3. The SMILES string of the molecule is CCCCCCCCCCCCc1cc(C)sc1-c1cn(Cc2ccc(CC(C)(CCC(C)(c3ccccc3)c3ccccc3)C(=O)OC)cc2)nn1. The highest BCUT2D eigenvalue weighted by Crippen LogP contribution is 2.41. The fourth-order valence-corrected chi connectivity index (χ4v) is 8.77. The van der Waals surface area contributed by atoms with E-state index in [2.05, 4.69) is 135 Å². The molecule has 0 amide bonds. The van der Waals surface area contributed by atoms with Gasteiger partial charge in [0.1, 0.15) is 5.69 Å². The van der Waals surface area contributed by atoms with Crippen LogP contribution >= 0.6 is 11.3 Å². The van der Waals surface area contributed by atoms with Crippen LogP contribution in [0.4, 0.5) is 0 Å². The van der Waals surface area contributed by atoms with Gasteiger partial charge >= 0.3 is 5.97 Å². The van der Waals surface area contributed by atoms with Crippen LogP contribution in [0.5, 0.6) is 0 Å².